The Hall–Kier alpha value is -1.19. The third-order valence-corrected chi connectivity index (χ3v) is 3.26. The summed E-state index contributed by atoms with van der Waals surface area (Å²) in [5.74, 6) is -1.23. The van der Waals surface area contributed by atoms with E-state index in [2.05, 4.69) is 18.8 Å². The molecule has 0 spiro atoms. The van der Waals surface area contributed by atoms with Gasteiger partial charge in [0, 0.05) is 32.1 Å². The fraction of sp³-hybridized carbons (Fsp3) is 0.615. The van der Waals surface area contributed by atoms with Crippen LogP contribution in [-0.4, -0.2) is 24.0 Å². The molecule has 94 valence electrons. The van der Waals surface area contributed by atoms with Crippen LogP contribution >= 0.6 is 0 Å². The molecule has 2 rings (SSSR count). The predicted molar refractivity (Wildman–Crippen MR) is 64.7 cm³/mol. The molecule has 1 fully saturated rings. The van der Waals surface area contributed by atoms with Crippen LogP contribution < -0.4 is 4.90 Å². The van der Waals surface area contributed by atoms with Crippen molar-refractivity contribution in [2.45, 2.75) is 38.5 Å². The van der Waals surface area contributed by atoms with Gasteiger partial charge in [-0.25, -0.2) is 13.8 Å². The summed E-state index contributed by atoms with van der Waals surface area (Å²) in [6.07, 6.45) is 1.62. The molecule has 0 bridgehead atoms. The first kappa shape index (κ1) is 12.3. The Morgan fingerprint density at radius 1 is 1.29 bits per heavy atom. The van der Waals surface area contributed by atoms with Crippen LogP contribution in [-0.2, 0) is 0 Å². The number of piperidine rings is 1. The van der Waals surface area contributed by atoms with Gasteiger partial charge in [0.2, 0.25) is 0 Å². The number of alkyl halides is 2. The van der Waals surface area contributed by atoms with Gasteiger partial charge in [0.15, 0.2) is 0 Å². The molecule has 0 saturated carbocycles. The summed E-state index contributed by atoms with van der Waals surface area (Å²) in [5, 5.41) is 0. The van der Waals surface area contributed by atoms with Gasteiger partial charge in [-0.3, -0.25) is 0 Å². The van der Waals surface area contributed by atoms with E-state index in [9.17, 15) is 8.78 Å². The number of pyridine rings is 1. The van der Waals surface area contributed by atoms with E-state index < -0.39 is 5.92 Å². The SMILES string of the molecule is CC(C)c1ccnc(N2CCC(F)(F)CC2)c1. The zero-order valence-electron chi connectivity index (χ0n) is 10.3. The molecule has 0 amide bonds. The van der Waals surface area contributed by atoms with Gasteiger partial charge in [0.25, 0.3) is 5.92 Å². The Kier molecular flexibility index (Phi) is 3.31. The average Bonchev–Trinajstić information content (AvgIpc) is 2.29. The zero-order chi connectivity index (χ0) is 12.5. The van der Waals surface area contributed by atoms with Crippen molar-refractivity contribution in [3.63, 3.8) is 0 Å². The summed E-state index contributed by atoms with van der Waals surface area (Å²) in [4.78, 5) is 6.22. The summed E-state index contributed by atoms with van der Waals surface area (Å²) in [6.45, 7) is 5.01. The second kappa shape index (κ2) is 4.59. The first-order chi connectivity index (χ1) is 7.98. The molecule has 2 heterocycles. The first-order valence-corrected chi connectivity index (χ1v) is 6.07. The first-order valence-electron chi connectivity index (χ1n) is 6.07. The van der Waals surface area contributed by atoms with Crippen molar-refractivity contribution in [3.05, 3.63) is 23.9 Å². The van der Waals surface area contributed by atoms with Gasteiger partial charge in [-0.2, -0.15) is 0 Å². The highest BCUT2D eigenvalue weighted by Crippen LogP contribution is 2.30. The Bertz CT molecular complexity index is 381. The van der Waals surface area contributed by atoms with E-state index in [0.29, 0.717) is 19.0 Å². The van der Waals surface area contributed by atoms with Crippen molar-refractivity contribution in [3.8, 4) is 0 Å². The fourth-order valence-corrected chi connectivity index (χ4v) is 2.03. The van der Waals surface area contributed by atoms with Gasteiger partial charge < -0.3 is 4.90 Å². The maximum atomic E-state index is 13.1. The molecule has 1 aliphatic rings. The van der Waals surface area contributed by atoms with Crippen LogP contribution in [0.2, 0.25) is 0 Å². The van der Waals surface area contributed by atoms with Crippen LogP contribution in [0.3, 0.4) is 0 Å². The molecule has 0 radical (unpaired) electrons. The molecule has 0 aromatic carbocycles. The van der Waals surface area contributed by atoms with Crippen LogP contribution in [0.4, 0.5) is 14.6 Å². The third kappa shape index (κ3) is 2.93. The Labute approximate surface area is 101 Å². The smallest absolute Gasteiger partial charge is 0.251 e. The number of anilines is 1. The molecule has 0 atom stereocenters. The van der Waals surface area contributed by atoms with E-state index in [0.717, 1.165) is 5.82 Å². The summed E-state index contributed by atoms with van der Waals surface area (Å²) in [7, 11) is 0. The van der Waals surface area contributed by atoms with Crippen LogP contribution in [0, 0.1) is 0 Å². The summed E-state index contributed by atoms with van der Waals surface area (Å²) < 4.78 is 26.1. The van der Waals surface area contributed by atoms with E-state index in [1.54, 1.807) is 6.20 Å². The number of hydrogen-bond acceptors (Lipinski definition) is 2. The van der Waals surface area contributed by atoms with Crippen molar-refractivity contribution in [1.29, 1.82) is 0 Å². The molecule has 1 aromatic rings. The Morgan fingerprint density at radius 2 is 1.94 bits per heavy atom. The average molecular weight is 240 g/mol. The normalized spacial score (nSPS) is 19.7. The van der Waals surface area contributed by atoms with Gasteiger partial charge in [-0.1, -0.05) is 13.8 Å². The van der Waals surface area contributed by atoms with Gasteiger partial charge in [-0.05, 0) is 23.6 Å². The lowest BCUT2D eigenvalue weighted by molar-refractivity contribution is -0.0221. The monoisotopic (exact) mass is 240 g/mol. The number of hydrogen-bond donors (Lipinski definition) is 0. The highest BCUT2D eigenvalue weighted by Gasteiger charge is 2.34. The predicted octanol–water partition coefficient (Wildman–Crippen LogP) is 3.44. The molecule has 1 saturated heterocycles. The van der Waals surface area contributed by atoms with E-state index in [1.165, 1.54) is 5.56 Å². The van der Waals surface area contributed by atoms with E-state index in [4.69, 9.17) is 0 Å². The highest BCUT2D eigenvalue weighted by atomic mass is 19.3. The second-order valence-electron chi connectivity index (χ2n) is 4.95. The molecule has 1 aromatic heterocycles. The molecule has 1 aliphatic heterocycles. The third-order valence-electron chi connectivity index (χ3n) is 3.26. The van der Waals surface area contributed by atoms with Crippen LogP contribution in [0.15, 0.2) is 18.3 Å². The lowest BCUT2D eigenvalue weighted by atomic mass is 10.0. The number of aromatic nitrogens is 1. The van der Waals surface area contributed by atoms with Crippen molar-refractivity contribution in [2.24, 2.45) is 0 Å². The molecule has 0 N–H and O–H groups in total. The topological polar surface area (TPSA) is 16.1 Å². The summed E-state index contributed by atoms with van der Waals surface area (Å²) in [5.41, 5.74) is 1.20. The molecule has 4 heteroatoms. The van der Waals surface area contributed by atoms with E-state index in [-0.39, 0.29) is 12.8 Å². The number of halogens is 2. The van der Waals surface area contributed by atoms with Gasteiger partial charge in [-0.15, -0.1) is 0 Å². The minimum atomic E-state index is -2.49. The molecule has 0 aliphatic carbocycles. The molecular formula is C13H18F2N2. The van der Waals surface area contributed by atoms with Crippen LogP contribution in [0.5, 0.6) is 0 Å². The minimum absolute atomic E-state index is 0.0689. The Balaban J connectivity index is 2.10. The second-order valence-corrected chi connectivity index (χ2v) is 4.95. The molecule has 17 heavy (non-hydrogen) atoms. The quantitative estimate of drug-likeness (QED) is 0.787. The van der Waals surface area contributed by atoms with E-state index in [1.807, 2.05) is 17.0 Å². The maximum Gasteiger partial charge on any atom is 0.251 e. The zero-order valence-corrected chi connectivity index (χ0v) is 10.3. The van der Waals surface area contributed by atoms with Gasteiger partial charge >= 0.3 is 0 Å². The minimum Gasteiger partial charge on any atom is -0.356 e. The molecule has 0 unspecified atom stereocenters. The molecule has 2 nitrogen and oxygen atoms in total. The van der Waals surface area contributed by atoms with E-state index >= 15 is 0 Å². The highest BCUT2D eigenvalue weighted by molar-refractivity contribution is 5.42. The van der Waals surface area contributed by atoms with Gasteiger partial charge in [0.05, 0.1) is 0 Å². The molecular weight excluding hydrogens is 222 g/mol. The van der Waals surface area contributed by atoms with Crippen LogP contribution in [0.1, 0.15) is 38.2 Å². The van der Waals surface area contributed by atoms with Crippen molar-refractivity contribution < 1.29 is 8.78 Å². The maximum absolute atomic E-state index is 13.1. The Morgan fingerprint density at radius 3 is 2.53 bits per heavy atom. The number of nitrogens with zero attached hydrogens (tertiary/aromatic N) is 2. The largest absolute Gasteiger partial charge is 0.356 e. The standard InChI is InChI=1S/C13H18F2N2/c1-10(2)11-3-6-16-12(9-11)17-7-4-13(14,15)5-8-17/h3,6,9-10H,4-5,7-8H2,1-2H3. The number of rotatable bonds is 2. The summed E-state index contributed by atoms with van der Waals surface area (Å²) in [6, 6.07) is 3.99. The summed E-state index contributed by atoms with van der Waals surface area (Å²) >= 11 is 0. The van der Waals surface area contributed by atoms with Crippen molar-refractivity contribution in [2.75, 3.05) is 18.0 Å². The van der Waals surface area contributed by atoms with Crippen molar-refractivity contribution in [1.82, 2.24) is 4.98 Å². The lowest BCUT2D eigenvalue weighted by Gasteiger charge is -2.32. The van der Waals surface area contributed by atoms with Crippen molar-refractivity contribution >= 4 is 5.82 Å². The lowest BCUT2D eigenvalue weighted by Crippen LogP contribution is -2.39. The fourth-order valence-electron chi connectivity index (χ4n) is 2.03. The van der Waals surface area contributed by atoms with Gasteiger partial charge in [0.1, 0.15) is 5.82 Å². The van der Waals surface area contributed by atoms with Crippen LogP contribution in [0.25, 0.3) is 0 Å².